The largest absolute Gasteiger partial charge is 0.508 e. The summed E-state index contributed by atoms with van der Waals surface area (Å²) in [7, 11) is 5.57. The number of benzene rings is 1. The van der Waals surface area contributed by atoms with Gasteiger partial charge in [-0.25, -0.2) is 0 Å². The Morgan fingerprint density at radius 2 is 2.10 bits per heavy atom. The number of phenols is 1. The quantitative estimate of drug-likeness (QED) is 0.497. The first-order valence-corrected chi connectivity index (χ1v) is 6.96. The van der Waals surface area contributed by atoms with Crippen LogP contribution in [0.25, 0.3) is 0 Å². The van der Waals surface area contributed by atoms with Gasteiger partial charge in [0, 0.05) is 32.7 Å². The molecule has 0 aliphatic heterocycles. The van der Waals surface area contributed by atoms with Crippen LogP contribution in [0.1, 0.15) is 18.4 Å². The van der Waals surface area contributed by atoms with Crippen LogP contribution in [0.2, 0.25) is 0 Å². The zero-order valence-corrected chi connectivity index (χ0v) is 12.6. The second-order valence-electron chi connectivity index (χ2n) is 4.86. The Labute approximate surface area is 121 Å². The van der Waals surface area contributed by atoms with E-state index in [4.69, 9.17) is 0 Å². The number of hydrogen-bond donors (Lipinski definition) is 3. The first-order chi connectivity index (χ1) is 9.58. The molecule has 0 saturated heterocycles. The SMILES string of the molecule is CNCCCN(C)C(=O)CCc1cc(O)ccc1NC. The van der Waals surface area contributed by atoms with E-state index in [1.807, 2.05) is 27.2 Å². The van der Waals surface area contributed by atoms with Crippen molar-refractivity contribution in [2.75, 3.05) is 39.5 Å². The minimum absolute atomic E-state index is 0.131. The van der Waals surface area contributed by atoms with Gasteiger partial charge in [-0.2, -0.15) is 0 Å². The lowest BCUT2D eigenvalue weighted by molar-refractivity contribution is -0.129. The average molecular weight is 279 g/mol. The molecule has 0 aliphatic carbocycles. The van der Waals surface area contributed by atoms with E-state index < -0.39 is 0 Å². The zero-order chi connectivity index (χ0) is 15.0. The zero-order valence-electron chi connectivity index (χ0n) is 12.6. The number of carbonyl (C=O) groups excluding carboxylic acids is 1. The van der Waals surface area contributed by atoms with Gasteiger partial charge in [0.25, 0.3) is 0 Å². The Morgan fingerprint density at radius 3 is 2.75 bits per heavy atom. The van der Waals surface area contributed by atoms with Crippen molar-refractivity contribution in [3.8, 4) is 5.75 Å². The molecule has 5 nitrogen and oxygen atoms in total. The highest BCUT2D eigenvalue weighted by molar-refractivity contribution is 5.76. The minimum Gasteiger partial charge on any atom is -0.508 e. The highest BCUT2D eigenvalue weighted by atomic mass is 16.3. The highest BCUT2D eigenvalue weighted by Crippen LogP contribution is 2.22. The molecule has 0 unspecified atom stereocenters. The number of rotatable bonds is 8. The average Bonchev–Trinajstić information content (AvgIpc) is 2.45. The van der Waals surface area contributed by atoms with Gasteiger partial charge in [0.15, 0.2) is 0 Å². The lowest BCUT2D eigenvalue weighted by Crippen LogP contribution is -2.29. The van der Waals surface area contributed by atoms with Crippen molar-refractivity contribution in [1.29, 1.82) is 0 Å². The molecule has 0 saturated carbocycles. The molecule has 1 rings (SSSR count). The monoisotopic (exact) mass is 279 g/mol. The second-order valence-corrected chi connectivity index (χ2v) is 4.86. The van der Waals surface area contributed by atoms with E-state index >= 15 is 0 Å². The lowest BCUT2D eigenvalue weighted by Gasteiger charge is -2.17. The van der Waals surface area contributed by atoms with Gasteiger partial charge in [-0.05, 0) is 50.2 Å². The molecule has 0 aromatic heterocycles. The smallest absolute Gasteiger partial charge is 0.222 e. The molecule has 112 valence electrons. The second kappa shape index (κ2) is 8.43. The molecule has 0 bridgehead atoms. The molecule has 1 aromatic rings. The van der Waals surface area contributed by atoms with E-state index in [0.29, 0.717) is 12.8 Å². The molecule has 1 aromatic carbocycles. The number of aryl methyl sites for hydroxylation is 1. The molecule has 0 radical (unpaired) electrons. The fraction of sp³-hybridized carbons (Fsp3) is 0.533. The van der Waals surface area contributed by atoms with E-state index in [0.717, 1.165) is 30.8 Å². The molecule has 0 fully saturated rings. The van der Waals surface area contributed by atoms with E-state index in [1.165, 1.54) is 0 Å². The van der Waals surface area contributed by atoms with Gasteiger partial charge in [-0.3, -0.25) is 4.79 Å². The molecular formula is C15H25N3O2. The molecule has 0 spiro atoms. The summed E-state index contributed by atoms with van der Waals surface area (Å²) < 4.78 is 0. The summed E-state index contributed by atoms with van der Waals surface area (Å²) in [6.45, 7) is 1.67. The fourth-order valence-corrected chi connectivity index (χ4v) is 2.08. The predicted molar refractivity (Wildman–Crippen MR) is 82.2 cm³/mol. The normalized spacial score (nSPS) is 10.3. The van der Waals surface area contributed by atoms with Crippen molar-refractivity contribution in [3.63, 3.8) is 0 Å². The van der Waals surface area contributed by atoms with Gasteiger partial charge in [-0.15, -0.1) is 0 Å². The summed E-state index contributed by atoms with van der Waals surface area (Å²) in [5.41, 5.74) is 1.91. The Kier molecular flexibility index (Phi) is 6.87. The third kappa shape index (κ3) is 5.09. The van der Waals surface area contributed by atoms with Crippen LogP contribution < -0.4 is 10.6 Å². The van der Waals surface area contributed by atoms with Gasteiger partial charge in [-0.1, -0.05) is 0 Å². The van der Waals surface area contributed by atoms with Crippen LogP contribution in [0.5, 0.6) is 5.75 Å². The number of hydrogen-bond acceptors (Lipinski definition) is 4. The Bertz CT molecular complexity index is 435. The summed E-state index contributed by atoms with van der Waals surface area (Å²) in [4.78, 5) is 13.8. The van der Waals surface area contributed by atoms with Gasteiger partial charge < -0.3 is 20.6 Å². The van der Waals surface area contributed by atoms with Crippen molar-refractivity contribution in [3.05, 3.63) is 23.8 Å². The minimum atomic E-state index is 0.131. The van der Waals surface area contributed by atoms with Crippen molar-refractivity contribution < 1.29 is 9.90 Å². The van der Waals surface area contributed by atoms with Crippen LogP contribution in [0.4, 0.5) is 5.69 Å². The molecule has 0 heterocycles. The topological polar surface area (TPSA) is 64.6 Å². The summed E-state index contributed by atoms with van der Waals surface area (Å²) in [5.74, 6) is 0.361. The molecule has 3 N–H and O–H groups in total. The maximum absolute atomic E-state index is 12.0. The predicted octanol–water partition coefficient (Wildman–Crippen LogP) is 1.43. The number of amides is 1. The van der Waals surface area contributed by atoms with Crippen molar-refractivity contribution in [2.45, 2.75) is 19.3 Å². The Balaban J connectivity index is 2.49. The number of phenolic OH excluding ortho intramolecular Hbond substituents is 1. The van der Waals surface area contributed by atoms with Gasteiger partial charge in [0.1, 0.15) is 5.75 Å². The van der Waals surface area contributed by atoms with Crippen molar-refractivity contribution >= 4 is 11.6 Å². The number of carbonyl (C=O) groups is 1. The maximum Gasteiger partial charge on any atom is 0.222 e. The summed E-state index contributed by atoms with van der Waals surface area (Å²) >= 11 is 0. The Morgan fingerprint density at radius 1 is 1.35 bits per heavy atom. The number of aromatic hydroxyl groups is 1. The van der Waals surface area contributed by atoms with Crippen LogP contribution in [-0.4, -0.2) is 50.1 Å². The number of anilines is 1. The third-order valence-electron chi connectivity index (χ3n) is 3.31. The lowest BCUT2D eigenvalue weighted by atomic mass is 10.1. The van der Waals surface area contributed by atoms with Gasteiger partial charge in [0.2, 0.25) is 5.91 Å². The molecule has 1 amide bonds. The van der Waals surface area contributed by atoms with E-state index in [-0.39, 0.29) is 11.7 Å². The molecule has 20 heavy (non-hydrogen) atoms. The molecule has 0 atom stereocenters. The first-order valence-electron chi connectivity index (χ1n) is 6.96. The number of nitrogens with zero attached hydrogens (tertiary/aromatic N) is 1. The van der Waals surface area contributed by atoms with E-state index in [1.54, 1.807) is 17.0 Å². The summed E-state index contributed by atoms with van der Waals surface area (Å²) in [5, 5.41) is 15.7. The number of nitrogens with one attached hydrogen (secondary N) is 2. The molecule has 0 aliphatic rings. The van der Waals surface area contributed by atoms with Gasteiger partial charge in [0.05, 0.1) is 0 Å². The van der Waals surface area contributed by atoms with Crippen molar-refractivity contribution in [2.24, 2.45) is 0 Å². The van der Waals surface area contributed by atoms with Crippen molar-refractivity contribution in [1.82, 2.24) is 10.2 Å². The Hall–Kier alpha value is -1.75. The van der Waals surface area contributed by atoms with E-state index in [2.05, 4.69) is 10.6 Å². The standard InChI is InChI=1S/C15H25N3O2/c1-16-9-4-10-18(3)15(20)8-5-12-11-13(19)6-7-14(12)17-2/h6-7,11,16-17,19H,4-5,8-10H2,1-3H3. The summed E-state index contributed by atoms with van der Waals surface area (Å²) in [6.07, 6.45) is 2.03. The maximum atomic E-state index is 12.0. The van der Waals surface area contributed by atoms with E-state index in [9.17, 15) is 9.90 Å². The molecule has 5 heteroatoms. The van der Waals surface area contributed by atoms with Crippen LogP contribution in [0, 0.1) is 0 Å². The molecular weight excluding hydrogens is 254 g/mol. The van der Waals surface area contributed by atoms with Crippen LogP contribution in [-0.2, 0) is 11.2 Å². The first kappa shape index (κ1) is 16.3. The third-order valence-corrected chi connectivity index (χ3v) is 3.31. The van der Waals surface area contributed by atoms with Crippen LogP contribution in [0.3, 0.4) is 0 Å². The highest BCUT2D eigenvalue weighted by Gasteiger charge is 2.10. The van der Waals surface area contributed by atoms with Gasteiger partial charge >= 0.3 is 0 Å². The fourth-order valence-electron chi connectivity index (χ4n) is 2.08. The van der Waals surface area contributed by atoms with Crippen LogP contribution >= 0.6 is 0 Å². The van der Waals surface area contributed by atoms with Crippen LogP contribution in [0.15, 0.2) is 18.2 Å². The summed E-state index contributed by atoms with van der Waals surface area (Å²) in [6, 6.07) is 5.17.